The van der Waals surface area contributed by atoms with Crippen LogP contribution >= 0.6 is 0 Å². The van der Waals surface area contributed by atoms with Crippen molar-refractivity contribution in [3.05, 3.63) is 104 Å². The lowest BCUT2D eigenvalue weighted by atomic mass is 10.2. The van der Waals surface area contributed by atoms with Crippen molar-refractivity contribution in [3.63, 3.8) is 0 Å². The van der Waals surface area contributed by atoms with Crippen molar-refractivity contribution >= 4 is 35.6 Å². The number of aromatic amines is 1. The van der Waals surface area contributed by atoms with Gasteiger partial charge in [-0.2, -0.15) is 13.2 Å². The molecule has 0 fully saturated rings. The maximum absolute atomic E-state index is 12.9. The predicted molar refractivity (Wildman–Crippen MR) is 137 cm³/mol. The molecule has 0 atom stereocenters. The Morgan fingerprint density at radius 1 is 1.10 bits per heavy atom. The number of aromatic nitrogens is 1. The van der Waals surface area contributed by atoms with Gasteiger partial charge >= 0.3 is 11.8 Å². The molecule has 1 aromatic heterocycles. The van der Waals surface area contributed by atoms with Gasteiger partial charge in [-0.25, -0.2) is 4.79 Å². The number of methoxy groups -OCH3 is 1. The van der Waals surface area contributed by atoms with Crippen LogP contribution in [0.5, 0.6) is 11.5 Å². The van der Waals surface area contributed by atoms with E-state index in [0.29, 0.717) is 16.3 Å². The molecule has 198 valence electrons. The zero-order valence-electron chi connectivity index (χ0n) is 20.3. The zero-order chi connectivity index (χ0) is 27.6. The Balaban J connectivity index is 1.35. The van der Waals surface area contributed by atoms with Crippen molar-refractivity contribution in [2.24, 2.45) is 4.99 Å². The normalized spacial score (nSPS) is 13.6. The summed E-state index contributed by atoms with van der Waals surface area (Å²) in [6.07, 6.45) is 0.554. The van der Waals surface area contributed by atoms with E-state index >= 15 is 0 Å². The van der Waals surface area contributed by atoms with Crippen molar-refractivity contribution in [3.8, 4) is 11.5 Å². The third kappa shape index (κ3) is 5.61. The molecule has 39 heavy (non-hydrogen) atoms. The molecule has 0 radical (unpaired) electrons. The van der Waals surface area contributed by atoms with Crippen LogP contribution in [-0.4, -0.2) is 30.8 Å². The van der Waals surface area contributed by atoms with Crippen LogP contribution in [0.4, 0.5) is 24.5 Å². The number of alkyl halides is 3. The maximum atomic E-state index is 12.9. The van der Waals surface area contributed by atoms with E-state index in [2.05, 4.69) is 15.3 Å². The number of aliphatic imine (C=N–C) groups is 1. The molecule has 0 saturated carbocycles. The van der Waals surface area contributed by atoms with Crippen LogP contribution in [0.25, 0.3) is 12.2 Å². The summed E-state index contributed by atoms with van der Waals surface area (Å²) in [5, 5.41) is 4.12. The Kier molecular flexibility index (Phi) is 6.80. The number of carbonyl (C=O) groups is 1. The summed E-state index contributed by atoms with van der Waals surface area (Å²) in [6, 6.07) is 14.6. The first kappa shape index (κ1) is 25.6. The van der Waals surface area contributed by atoms with Gasteiger partial charge in [-0.1, -0.05) is 18.2 Å². The molecule has 0 saturated heterocycles. The SMILES string of the molecule is COc1cc(/C=c2/[nH]/c(=c3\cccc4c3=CC=N4)oc2=O)ccc1OCC(=O)Nc1cccc(C(F)(F)F)c1. The minimum absolute atomic E-state index is 0.00893. The van der Waals surface area contributed by atoms with Crippen LogP contribution in [0.2, 0.25) is 0 Å². The number of oxazole rings is 1. The number of nitrogens with one attached hydrogen (secondary N) is 2. The van der Waals surface area contributed by atoms with Gasteiger partial charge in [0.05, 0.1) is 18.4 Å². The molecule has 11 heteroatoms. The van der Waals surface area contributed by atoms with E-state index in [1.165, 1.54) is 19.2 Å². The minimum atomic E-state index is -4.53. The lowest BCUT2D eigenvalue weighted by molar-refractivity contribution is -0.137. The maximum Gasteiger partial charge on any atom is 0.416 e. The number of hydrogen-bond donors (Lipinski definition) is 2. The molecule has 1 aliphatic heterocycles. The van der Waals surface area contributed by atoms with Crippen molar-refractivity contribution in [2.75, 3.05) is 19.0 Å². The molecule has 5 rings (SSSR count). The number of H-pyrrole nitrogens is 1. The lowest BCUT2D eigenvalue weighted by Crippen LogP contribution is -2.21. The van der Waals surface area contributed by atoms with E-state index in [0.717, 1.165) is 23.0 Å². The Bertz CT molecular complexity index is 1870. The number of anilines is 1. The van der Waals surface area contributed by atoms with Crippen LogP contribution < -0.4 is 31.0 Å². The van der Waals surface area contributed by atoms with Gasteiger partial charge in [0, 0.05) is 22.3 Å². The Hall–Kier alpha value is -5.06. The molecule has 2 N–H and O–H groups in total. The summed E-state index contributed by atoms with van der Waals surface area (Å²) in [4.78, 5) is 32.0. The summed E-state index contributed by atoms with van der Waals surface area (Å²) >= 11 is 0. The Morgan fingerprint density at radius 2 is 1.92 bits per heavy atom. The standard InChI is InChI=1S/C28H20F3N3O5/c1-37-24-13-16(12-22-27(36)39-26(34-22)20-6-3-7-21-19(20)10-11-32-21)8-9-23(24)38-15-25(35)33-18-5-2-4-17(14-18)28(29,30)31/h2-14,34H,15H2,1H3,(H,33,35)/b22-12+,26-20-. The van der Waals surface area contributed by atoms with E-state index in [1.54, 1.807) is 30.5 Å². The predicted octanol–water partition coefficient (Wildman–Crippen LogP) is 3.62. The summed E-state index contributed by atoms with van der Waals surface area (Å²) < 4.78 is 55.0. The number of amides is 1. The third-order valence-corrected chi connectivity index (χ3v) is 5.78. The van der Waals surface area contributed by atoms with E-state index in [4.69, 9.17) is 13.9 Å². The number of nitrogens with zero attached hydrogens (tertiary/aromatic N) is 1. The number of benzene rings is 3. The summed E-state index contributed by atoms with van der Waals surface area (Å²) in [6.45, 7) is -0.471. The highest BCUT2D eigenvalue weighted by Crippen LogP contribution is 2.31. The Labute approximate surface area is 218 Å². The topological polar surface area (TPSA) is 106 Å². The van der Waals surface area contributed by atoms with Crippen LogP contribution in [0.15, 0.2) is 74.9 Å². The van der Waals surface area contributed by atoms with Gasteiger partial charge in [0.2, 0.25) is 5.55 Å². The van der Waals surface area contributed by atoms with Gasteiger partial charge in [-0.15, -0.1) is 0 Å². The number of ether oxygens (including phenoxy) is 2. The molecule has 0 spiro atoms. The van der Waals surface area contributed by atoms with Crippen LogP contribution in [0.3, 0.4) is 0 Å². The second-order valence-electron chi connectivity index (χ2n) is 8.41. The quantitative estimate of drug-likeness (QED) is 0.392. The molecule has 0 unspecified atom stereocenters. The number of rotatable bonds is 6. The number of hydrogen-bond acceptors (Lipinski definition) is 6. The molecular weight excluding hydrogens is 515 g/mol. The summed E-state index contributed by atoms with van der Waals surface area (Å²) in [5.41, 5.74) is 0.208. The van der Waals surface area contributed by atoms with Crippen molar-refractivity contribution < 1.29 is 31.9 Å². The van der Waals surface area contributed by atoms with E-state index < -0.39 is 29.9 Å². The van der Waals surface area contributed by atoms with Gasteiger partial charge in [0.1, 0.15) is 5.35 Å². The number of halogens is 3. The smallest absolute Gasteiger partial charge is 0.416 e. The van der Waals surface area contributed by atoms with Gasteiger partial charge in [0.25, 0.3) is 5.91 Å². The fourth-order valence-electron chi connectivity index (χ4n) is 3.97. The fourth-order valence-corrected chi connectivity index (χ4v) is 3.97. The minimum Gasteiger partial charge on any atom is -0.493 e. The van der Waals surface area contributed by atoms with E-state index in [1.807, 2.05) is 24.3 Å². The van der Waals surface area contributed by atoms with E-state index in [9.17, 15) is 22.8 Å². The molecule has 0 aliphatic carbocycles. The third-order valence-electron chi connectivity index (χ3n) is 5.78. The first-order valence-corrected chi connectivity index (χ1v) is 11.6. The second kappa shape index (κ2) is 10.4. The molecule has 1 amide bonds. The highest BCUT2D eigenvalue weighted by Gasteiger charge is 2.30. The zero-order valence-corrected chi connectivity index (χ0v) is 20.3. The van der Waals surface area contributed by atoms with Gasteiger partial charge in [-0.3, -0.25) is 9.79 Å². The van der Waals surface area contributed by atoms with Gasteiger partial charge in [-0.05, 0) is 60.2 Å². The molecule has 0 bridgehead atoms. The number of fused-ring (bicyclic) bond motifs is 1. The molecular formula is C28H20F3N3O5. The second-order valence-corrected chi connectivity index (χ2v) is 8.41. The molecule has 2 heterocycles. The highest BCUT2D eigenvalue weighted by atomic mass is 19.4. The van der Waals surface area contributed by atoms with Crippen LogP contribution in [0.1, 0.15) is 11.1 Å². The average Bonchev–Trinajstić information content (AvgIpc) is 3.54. The number of carbonyl (C=O) groups excluding carboxylic acids is 1. The monoisotopic (exact) mass is 535 g/mol. The van der Waals surface area contributed by atoms with Gasteiger partial charge in [0.15, 0.2) is 18.1 Å². The van der Waals surface area contributed by atoms with Crippen molar-refractivity contribution in [1.29, 1.82) is 0 Å². The van der Waals surface area contributed by atoms with Crippen molar-refractivity contribution in [1.82, 2.24) is 4.98 Å². The van der Waals surface area contributed by atoms with Crippen LogP contribution in [0, 0.1) is 10.8 Å². The Morgan fingerprint density at radius 3 is 2.72 bits per heavy atom. The van der Waals surface area contributed by atoms with Crippen LogP contribution in [-0.2, 0) is 11.0 Å². The lowest BCUT2D eigenvalue weighted by Gasteiger charge is -2.12. The van der Waals surface area contributed by atoms with Gasteiger partial charge < -0.3 is 24.2 Å². The van der Waals surface area contributed by atoms with E-state index in [-0.39, 0.29) is 22.5 Å². The largest absolute Gasteiger partial charge is 0.493 e. The first-order chi connectivity index (χ1) is 18.7. The molecule has 3 aromatic carbocycles. The van der Waals surface area contributed by atoms with Crippen molar-refractivity contribution in [2.45, 2.75) is 6.18 Å². The first-order valence-electron chi connectivity index (χ1n) is 11.6. The molecule has 8 nitrogen and oxygen atoms in total. The average molecular weight is 535 g/mol. The molecule has 1 aliphatic rings. The highest BCUT2D eigenvalue weighted by molar-refractivity contribution is 5.96. The fraction of sp³-hybridized carbons (Fsp3) is 0.107. The summed E-state index contributed by atoms with van der Waals surface area (Å²) in [5.74, 6) is -0.151. The summed E-state index contributed by atoms with van der Waals surface area (Å²) in [7, 11) is 1.41. The molecule has 4 aromatic rings.